The number of carboxylic acid groups (broad SMARTS) is 1. The number of carboxylic acids is 1. The molecule has 0 amide bonds. The number of benzene rings is 2. The van der Waals surface area contributed by atoms with Crippen LogP contribution in [-0.4, -0.2) is 80.0 Å². The van der Waals surface area contributed by atoms with Crippen molar-refractivity contribution in [3.8, 4) is 5.75 Å². The van der Waals surface area contributed by atoms with Gasteiger partial charge in [-0.15, -0.1) is 0 Å². The molecule has 1 N–H and O–H groups in total. The molecule has 146 valence electrons. The van der Waals surface area contributed by atoms with E-state index in [1.54, 1.807) is 4.90 Å². The van der Waals surface area contributed by atoms with Gasteiger partial charge in [-0.3, -0.25) is 14.6 Å². The van der Waals surface area contributed by atoms with Crippen LogP contribution in [0.5, 0.6) is 5.75 Å². The Morgan fingerprint density at radius 1 is 1.30 bits per heavy atom. The van der Waals surface area contributed by atoms with E-state index in [4.69, 9.17) is 14.6 Å². The van der Waals surface area contributed by atoms with Crippen LogP contribution in [0.15, 0.2) is 42.5 Å². The minimum absolute atomic E-state index is 0.0404. The van der Waals surface area contributed by atoms with Crippen molar-refractivity contribution in [1.82, 2.24) is 9.80 Å². The molecule has 1 heterocycles. The van der Waals surface area contributed by atoms with Gasteiger partial charge in [0.2, 0.25) is 0 Å². The fourth-order valence-corrected chi connectivity index (χ4v) is 3.53. The normalized spacial score (nSPS) is 18.1. The molecule has 0 spiro atoms. The standard InChI is InChI=1S/C21H28N2O4/c1-22(16-21(24)25)14-18-15-23(11-13-26-18)10-5-12-27-20-9-4-7-17-6-2-3-8-19(17)20/h2-4,6-9,18H,5,10-16H2,1H3,(H,24,25). The maximum absolute atomic E-state index is 10.8. The topological polar surface area (TPSA) is 62.2 Å². The predicted molar refractivity (Wildman–Crippen MR) is 105 cm³/mol. The minimum Gasteiger partial charge on any atom is -0.493 e. The van der Waals surface area contributed by atoms with E-state index in [1.807, 2.05) is 31.3 Å². The first-order chi connectivity index (χ1) is 13.1. The van der Waals surface area contributed by atoms with E-state index in [-0.39, 0.29) is 12.6 Å². The molecule has 6 heteroatoms. The lowest BCUT2D eigenvalue weighted by Gasteiger charge is -2.34. The number of carbonyl (C=O) groups is 1. The zero-order chi connectivity index (χ0) is 19.1. The van der Waals surface area contributed by atoms with Crippen LogP contribution in [0.25, 0.3) is 10.8 Å². The molecule has 1 fully saturated rings. The van der Waals surface area contributed by atoms with E-state index in [2.05, 4.69) is 23.1 Å². The highest BCUT2D eigenvalue weighted by Gasteiger charge is 2.22. The van der Waals surface area contributed by atoms with E-state index in [9.17, 15) is 4.79 Å². The van der Waals surface area contributed by atoms with Gasteiger partial charge in [0.05, 0.1) is 25.9 Å². The Bertz CT molecular complexity index is 747. The first kappa shape index (κ1) is 19.6. The number of fused-ring (bicyclic) bond motifs is 1. The zero-order valence-corrected chi connectivity index (χ0v) is 15.8. The van der Waals surface area contributed by atoms with Crippen LogP contribution >= 0.6 is 0 Å². The van der Waals surface area contributed by atoms with Crippen molar-refractivity contribution in [2.75, 3.05) is 53.0 Å². The highest BCUT2D eigenvalue weighted by molar-refractivity contribution is 5.88. The van der Waals surface area contributed by atoms with Gasteiger partial charge >= 0.3 is 5.97 Å². The quantitative estimate of drug-likeness (QED) is 0.682. The molecule has 0 saturated carbocycles. The van der Waals surface area contributed by atoms with E-state index in [0.717, 1.165) is 37.2 Å². The third-order valence-corrected chi connectivity index (χ3v) is 4.77. The first-order valence-electron chi connectivity index (χ1n) is 9.46. The molecule has 1 atom stereocenters. The third kappa shape index (κ3) is 5.92. The molecule has 1 unspecified atom stereocenters. The highest BCUT2D eigenvalue weighted by atomic mass is 16.5. The molecule has 2 aromatic carbocycles. The van der Waals surface area contributed by atoms with E-state index in [1.165, 1.54) is 5.39 Å². The predicted octanol–water partition coefficient (Wildman–Crippen LogP) is 2.33. The average molecular weight is 372 g/mol. The summed E-state index contributed by atoms with van der Waals surface area (Å²) in [6.45, 7) is 4.73. The summed E-state index contributed by atoms with van der Waals surface area (Å²) in [5.41, 5.74) is 0. The van der Waals surface area contributed by atoms with Crippen molar-refractivity contribution in [2.45, 2.75) is 12.5 Å². The number of ether oxygens (including phenoxy) is 2. The number of hydrogen-bond donors (Lipinski definition) is 1. The smallest absolute Gasteiger partial charge is 0.317 e. The Kier molecular flexibility index (Phi) is 7.04. The molecule has 0 radical (unpaired) electrons. The van der Waals surface area contributed by atoms with Gasteiger partial charge in [0.25, 0.3) is 0 Å². The molecular formula is C21H28N2O4. The van der Waals surface area contributed by atoms with Crippen molar-refractivity contribution in [3.05, 3.63) is 42.5 Å². The third-order valence-electron chi connectivity index (χ3n) is 4.77. The summed E-state index contributed by atoms with van der Waals surface area (Å²) in [6, 6.07) is 14.4. The monoisotopic (exact) mass is 372 g/mol. The van der Waals surface area contributed by atoms with Crippen LogP contribution in [0.4, 0.5) is 0 Å². The summed E-state index contributed by atoms with van der Waals surface area (Å²) in [6.07, 6.45) is 1.00. The Morgan fingerprint density at radius 3 is 2.96 bits per heavy atom. The lowest BCUT2D eigenvalue weighted by Crippen LogP contribution is -2.47. The molecule has 0 aromatic heterocycles. The molecule has 1 saturated heterocycles. The second-order valence-corrected chi connectivity index (χ2v) is 7.06. The second kappa shape index (κ2) is 9.69. The Morgan fingerprint density at radius 2 is 2.11 bits per heavy atom. The Hall–Kier alpha value is -2.15. The zero-order valence-electron chi connectivity index (χ0n) is 15.8. The molecule has 3 rings (SSSR count). The fourth-order valence-electron chi connectivity index (χ4n) is 3.53. The van der Waals surface area contributed by atoms with Crippen LogP contribution in [-0.2, 0) is 9.53 Å². The summed E-state index contributed by atoms with van der Waals surface area (Å²) < 4.78 is 11.8. The number of aliphatic carboxylic acids is 1. The lowest BCUT2D eigenvalue weighted by molar-refractivity contribution is -0.138. The number of rotatable bonds is 9. The molecular weight excluding hydrogens is 344 g/mol. The van der Waals surface area contributed by atoms with Crippen molar-refractivity contribution in [1.29, 1.82) is 0 Å². The van der Waals surface area contributed by atoms with Crippen molar-refractivity contribution >= 4 is 16.7 Å². The Labute approximate surface area is 160 Å². The molecule has 2 aromatic rings. The summed E-state index contributed by atoms with van der Waals surface area (Å²) in [7, 11) is 1.81. The van der Waals surface area contributed by atoms with Crippen molar-refractivity contribution in [2.24, 2.45) is 0 Å². The SMILES string of the molecule is CN(CC(=O)O)CC1CN(CCCOc2cccc3ccccc23)CCO1. The van der Waals surface area contributed by atoms with Crippen LogP contribution in [0.3, 0.4) is 0 Å². The molecule has 0 bridgehead atoms. The maximum Gasteiger partial charge on any atom is 0.317 e. The summed E-state index contributed by atoms with van der Waals surface area (Å²) in [5.74, 6) is 0.124. The average Bonchev–Trinajstić information content (AvgIpc) is 2.65. The van der Waals surface area contributed by atoms with Crippen LogP contribution < -0.4 is 4.74 Å². The highest BCUT2D eigenvalue weighted by Crippen LogP contribution is 2.25. The van der Waals surface area contributed by atoms with Gasteiger partial charge in [-0.05, 0) is 24.9 Å². The molecule has 6 nitrogen and oxygen atoms in total. The van der Waals surface area contributed by atoms with E-state index < -0.39 is 5.97 Å². The van der Waals surface area contributed by atoms with Gasteiger partial charge in [0.15, 0.2) is 0 Å². The van der Waals surface area contributed by atoms with Crippen LogP contribution in [0.1, 0.15) is 6.42 Å². The van der Waals surface area contributed by atoms with Gasteiger partial charge in [0.1, 0.15) is 5.75 Å². The second-order valence-electron chi connectivity index (χ2n) is 7.06. The van der Waals surface area contributed by atoms with Gasteiger partial charge in [-0.2, -0.15) is 0 Å². The van der Waals surface area contributed by atoms with Crippen LogP contribution in [0, 0.1) is 0 Å². The molecule has 1 aliphatic heterocycles. The minimum atomic E-state index is -0.809. The van der Waals surface area contributed by atoms with E-state index >= 15 is 0 Å². The lowest BCUT2D eigenvalue weighted by atomic mass is 10.1. The summed E-state index contributed by atoms with van der Waals surface area (Å²) in [4.78, 5) is 14.9. The first-order valence-corrected chi connectivity index (χ1v) is 9.46. The van der Waals surface area contributed by atoms with Crippen molar-refractivity contribution in [3.63, 3.8) is 0 Å². The summed E-state index contributed by atoms with van der Waals surface area (Å²) >= 11 is 0. The largest absolute Gasteiger partial charge is 0.493 e. The number of morpholine rings is 1. The van der Waals surface area contributed by atoms with Crippen LogP contribution in [0.2, 0.25) is 0 Å². The van der Waals surface area contributed by atoms with Gasteiger partial charge in [-0.25, -0.2) is 0 Å². The number of likely N-dealkylation sites (N-methyl/N-ethyl adjacent to an activating group) is 1. The van der Waals surface area contributed by atoms with E-state index in [0.29, 0.717) is 19.8 Å². The molecule has 27 heavy (non-hydrogen) atoms. The molecule has 1 aliphatic rings. The van der Waals surface area contributed by atoms with Gasteiger partial charge in [-0.1, -0.05) is 36.4 Å². The maximum atomic E-state index is 10.8. The number of hydrogen-bond acceptors (Lipinski definition) is 5. The Balaban J connectivity index is 1.41. The van der Waals surface area contributed by atoms with Crippen molar-refractivity contribution < 1.29 is 19.4 Å². The van der Waals surface area contributed by atoms with Gasteiger partial charge < -0.3 is 14.6 Å². The molecule has 0 aliphatic carbocycles. The summed E-state index contributed by atoms with van der Waals surface area (Å²) in [5, 5.41) is 11.2. The van der Waals surface area contributed by atoms with Gasteiger partial charge in [0, 0.05) is 31.6 Å². The fraction of sp³-hybridized carbons (Fsp3) is 0.476. The number of nitrogens with zero attached hydrogens (tertiary/aromatic N) is 2.